The highest BCUT2D eigenvalue weighted by molar-refractivity contribution is 5.25. The van der Waals surface area contributed by atoms with Crippen molar-refractivity contribution in [3.05, 3.63) is 35.4 Å². The molecule has 1 aliphatic heterocycles. The molecule has 16 heavy (non-hydrogen) atoms. The van der Waals surface area contributed by atoms with Gasteiger partial charge in [0.15, 0.2) is 0 Å². The molecule has 1 aromatic carbocycles. The summed E-state index contributed by atoms with van der Waals surface area (Å²) in [6, 6.07) is 8.87. The number of nitrogens with one attached hydrogen (secondary N) is 1. The highest BCUT2D eigenvalue weighted by Gasteiger charge is 2.15. The van der Waals surface area contributed by atoms with E-state index in [9.17, 15) is 0 Å². The first kappa shape index (κ1) is 11.6. The van der Waals surface area contributed by atoms with Crippen molar-refractivity contribution in [2.24, 2.45) is 5.92 Å². The lowest BCUT2D eigenvalue weighted by Gasteiger charge is -2.24. The summed E-state index contributed by atoms with van der Waals surface area (Å²) in [6.07, 6.45) is 1.39. The smallest absolute Gasteiger partial charge is 0.0949 e. The van der Waals surface area contributed by atoms with Crippen LogP contribution in [0.1, 0.15) is 31.1 Å². The zero-order chi connectivity index (χ0) is 11.4. The molecular weight excluding hydrogens is 198 g/mol. The monoisotopic (exact) mass is 219 g/mol. The van der Waals surface area contributed by atoms with E-state index in [2.05, 4.69) is 43.4 Å². The average Bonchev–Trinajstić information content (AvgIpc) is 2.30. The summed E-state index contributed by atoms with van der Waals surface area (Å²) in [4.78, 5) is 0. The van der Waals surface area contributed by atoms with Gasteiger partial charge in [0.2, 0.25) is 0 Å². The normalized spacial score (nSPS) is 21.3. The molecule has 0 amide bonds. The van der Waals surface area contributed by atoms with Crippen LogP contribution in [0.5, 0.6) is 0 Å². The minimum absolute atomic E-state index is 0.238. The second-order valence-electron chi connectivity index (χ2n) is 4.90. The van der Waals surface area contributed by atoms with Crippen molar-refractivity contribution < 1.29 is 4.74 Å². The second-order valence-corrected chi connectivity index (χ2v) is 4.90. The van der Waals surface area contributed by atoms with Crippen LogP contribution in [-0.2, 0) is 11.2 Å². The molecule has 1 saturated heterocycles. The number of hydrogen-bond donors (Lipinski definition) is 1. The molecule has 1 aromatic rings. The molecule has 1 atom stereocenters. The fourth-order valence-corrected chi connectivity index (χ4v) is 2.12. The summed E-state index contributed by atoms with van der Waals surface area (Å²) in [5.74, 6) is 0.721. The zero-order valence-electron chi connectivity index (χ0n) is 10.2. The summed E-state index contributed by atoms with van der Waals surface area (Å²) < 4.78 is 5.72. The maximum absolute atomic E-state index is 5.72. The van der Waals surface area contributed by atoms with E-state index in [1.54, 1.807) is 0 Å². The van der Waals surface area contributed by atoms with E-state index in [0.717, 1.165) is 32.0 Å². The van der Waals surface area contributed by atoms with Gasteiger partial charge in [0.25, 0.3) is 0 Å². The Morgan fingerprint density at radius 2 is 2.06 bits per heavy atom. The van der Waals surface area contributed by atoms with E-state index in [4.69, 9.17) is 4.74 Å². The standard InChI is InChI=1S/C14H21NO/c1-11(2)9-12-3-5-13(6-4-12)14-10-15-7-8-16-14/h3-6,11,14-15H,7-10H2,1-2H3. The molecule has 0 aliphatic carbocycles. The molecule has 1 heterocycles. The van der Waals surface area contributed by atoms with E-state index in [1.807, 2.05) is 0 Å². The number of morpholine rings is 1. The number of hydrogen-bond acceptors (Lipinski definition) is 2. The van der Waals surface area contributed by atoms with Crippen LogP contribution in [0.2, 0.25) is 0 Å². The zero-order valence-corrected chi connectivity index (χ0v) is 10.2. The van der Waals surface area contributed by atoms with Crippen LogP contribution in [0.3, 0.4) is 0 Å². The Hall–Kier alpha value is -0.860. The number of ether oxygens (including phenoxy) is 1. The maximum Gasteiger partial charge on any atom is 0.0949 e. The Labute approximate surface area is 98.0 Å². The average molecular weight is 219 g/mol. The molecule has 0 radical (unpaired) electrons. The predicted molar refractivity (Wildman–Crippen MR) is 66.5 cm³/mol. The Morgan fingerprint density at radius 1 is 1.31 bits per heavy atom. The van der Waals surface area contributed by atoms with Crippen molar-refractivity contribution in [3.8, 4) is 0 Å². The van der Waals surface area contributed by atoms with Crippen molar-refractivity contribution in [1.29, 1.82) is 0 Å². The molecule has 1 N–H and O–H groups in total. The third-order valence-electron chi connectivity index (χ3n) is 2.92. The van der Waals surface area contributed by atoms with Gasteiger partial charge in [0, 0.05) is 13.1 Å². The highest BCUT2D eigenvalue weighted by atomic mass is 16.5. The lowest BCUT2D eigenvalue weighted by atomic mass is 10.00. The van der Waals surface area contributed by atoms with Gasteiger partial charge in [-0.25, -0.2) is 0 Å². The molecule has 1 aliphatic rings. The third-order valence-corrected chi connectivity index (χ3v) is 2.92. The molecule has 2 nitrogen and oxygen atoms in total. The Morgan fingerprint density at radius 3 is 2.62 bits per heavy atom. The summed E-state index contributed by atoms with van der Waals surface area (Å²) in [5, 5.41) is 3.36. The van der Waals surface area contributed by atoms with Gasteiger partial charge in [0.05, 0.1) is 12.7 Å². The SMILES string of the molecule is CC(C)Cc1ccc(C2CNCCO2)cc1. The molecule has 1 fully saturated rings. The van der Waals surface area contributed by atoms with Gasteiger partial charge in [0.1, 0.15) is 0 Å². The van der Waals surface area contributed by atoms with Crippen molar-refractivity contribution in [2.45, 2.75) is 26.4 Å². The van der Waals surface area contributed by atoms with Gasteiger partial charge in [-0.15, -0.1) is 0 Å². The topological polar surface area (TPSA) is 21.3 Å². The van der Waals surface area contributed by atoms with Crippen LogP contribution in [-0.4, -0.2) is 19.7 Å². The molecule has 0 aromatic heterocycles. The minimum Gasteiger partial charge on any atom is -0.371 e. The van der Waals surface area contributed by atoms with Crippen molar-refractivity contribution in [2.75, 3.05) is 19.7 Å². The first-order valence-electron chi connectivity index (χ1n) is 6.17. The fraction of sp³-hybridized carbons (Fsp3) is 0.571. The van der Waals surface area contributed by atoms with Crippen LogP contribution in [0.25, 0.3) is 0 Å². The Kier molecular flexibility index (Phi) is 3.97. The van der Waals surface area contributed by atoms with E-state index in [0.29, 0.717) is 0 Å². The minimum atomic E-state index is 0.238. The first-order chi connectivity index (χ1) is 7.75. The molecule has 0 bridgehead atoms. The molecular formula is C14H21NO. The summed E-state index contributed by atoms with van der Waals surface area (Å²) in [7, 11) is 0. The summed E-state index contributed by atoms with van der Waals surface area (Å²) >= 11 is 0. The van der Waals surface area contributed by atoms with Crippen molar-refractivity contribution >= 4 is 0 Å². The van der Waals surface area contributed by atoms with Crippen LogP contribution >= 0.6 is 0 Å². The molecule has 2 heteroatoms. The summed E-state index contributed by atoms with van der Waals surface area (Å²) in [6.45, 7) is 7.23. The van der Waals surface area contributed by atoms with Gasteiger partial charge in [-0.05, 0) is 23.5 Å². The molecule has 0 saturated carbocycles. The fourth-order valence-electron chi connectivity index (χ4n) is 2.12. The lowest BCUT2D eigenvalue weighted by molar-refractivity contribution is 0.0277. The van der Waals surface area contributed by atoms with Crippen LogP contribution < -0.4 is 5.32 Å². The van der Waals surface area contributed by atoms with Crippen molar-refractivity contribution in [3.63, 3.8) is 0 Å². The largest absolute Gasteiger partial charge is 0.371 e. The molecule has 0 spiro atoms. The summed E-state index contributed by atoms with van der Waals surface area (Å²) in [5.41, 5.74) is 2.71. The van der Waals surface area contributed by atoms with Gasteiger partial charge in [-0.3, -0.25) is 0 Å². The molecule has 2 rings (SSSR count). The van der Waals surface area contributed by atoms with Gasteiger partial charge in [-0.1, -0.05) is 38.1 Å². The van der Waals surface area contributed by atoms with E-state index in [-0.39, 0.29) is 6.10 Å². The molecule has 1 unspecified atom stereocenters. The highest BCUT2D eigenvalue weighted by Crippen LogP contribution is 2.19. The van der Waals surface area contributed by atoms with Crippen molar-refractivity contribution in [1.82, 2.24) is 5.32 Å². The Bertz CT molecular complexity index is 312. The van der Waals surface area contributed by atoms with Gasteiger partial charge in [-0.2, -0.15) is 0 Å². The van der Waals surface area contributed by atoms with Crippen LogP contribution in [0, 0.1) is 5.92 Å². The van der Waals surface area contributed by atoms with Gasteiger partial charge >= 0.3 is 0 Å². The van der Waals surface area contributed by atoms with Gasteiger partial charge < -0.3 is 10.1 Å². The van der Waals surface area contributed by atoms with Crippen LogP contribution in [0.15, 0.2) is 24.3 Å². The van der Waals surface area contributed by atoms with E-state index >= 15 is 0 Å². The lowest BCUT2D eigenvalue weighted by Crippen LogP contribution is -2.33. The van der Waals surface area contributed by atoms with E-state index in [1.165, 1.54) is 11.1 Å². The maximum atomic E-state index is 5.72. The third kappa shape index (κ3) is 3.06. The number of rotatable bonds is 3. The predicted octanol–water partition coefficient (Wildman–Crippen LogP) is 2.55. The second kappa shape index (κ2) is 5.46. The number of benzene rings is 1. The quantitative estimate of drug-likeness (QED) is 0.843. The first-order valence-corrected chi connectivity index (χ1v) is 6.17. The van der Waals surface area contributed by atoms with Crippen LogP contribution in [0.4, 0.5) is 0 Å². The molecule has 88 valence electrons. The Balaban J connectivity index is 2.00. The van der Waals surface area contributed by atoms with E-state index < -0.39 is 0 Å².